The minimum atomic E-state index is 0.395. The molecule has 0 amide bonds. The molecular weight excluding hydrogens is 234 g/mol. The first-order chi connectivity index (χ1) is 9.20. The molecule has 0 aromatic rings. The van der Waals surface area contributed by atoms with Crippen LogP contribution in [0.25, 0.3) is 0 Å². The van der Waals surface area contributed by atoms with Gasteiger partial charge in [0.2, 0.25) is 0 Å². The van der Waals surface area contributed by atoms with E-state index in [1.165, 1.54) is 51.4 Å². The van der Waals surface area contributed by atoms with E-state index < -0.39 is 0 Å². The first-order valence-corrected chi connectivity index (χ1v) is 8.55. The second-order valence-electron chi connectivity index (χ2n) is 7.25. The SMILES string of the molecule is CC(C)C1CCC(NCC2CCCCC2CO)CC1. The molecule has 0 aromatic heterocycles. The Kier molecular flexibility index (Phi) is 6.15. The highest BCUT2D eigenvalue weighted by molar-refractivity contribution is 4.82. The van der Waals surface area contributed by atoms with Crippen molar-refractivity contribution in [1.82, 2.24) is 5.32 Å². The van der Waals surface area contributed by atoms with E-state index in [2.05, 4.69) is 19.2 Å². The van der Waals surface area contributed by atoms with Gasteiger partial charge in [-0.15, -0.1) is 0 Å². The normalized spacial score (nSPS) is 36.6. The molecule has 2 fully saturated rings. The molecule has 2 rings (SSSR count). The summed E-state index contributed by atoms with van der Waals surface area (Å²) >= 11 is 0. The third kappa shape index (κ3) is 4.46. The number of nitrogens with one attached hydrogen (secondary N) is 1. The fourth-order valence-corrected chi connectivity index (χ4v) is 4.10. The van der Waals surface area contributed by atoms with E-state index in [-0.39, 0.29) is 0 Å². The van der Waals surface area contributed by atoms with Crippen molar-refractivity contribution in [1.29, 1.82) is 0 Å². The molecule has 0 aliphatic heterocycles. The molecule has 2 unspecified atom stereocenters. The molecule has 19 heavy (non-hydrogen) atoms. The largest absolute Gasteiger partial charge is 0.396 e. The van der Waals surface area contributed by atoms with E-state index in [9.17, 15) is 5.11 Å². The molecule has 2 nitrogen and oxygen atoms in total. The van der Waals surface area contributed by atoms with Gasteiger partial charge in [-0.25, -0.2) is 0 Å². The summed E-state index contributed by atoms with van der Waals surface area (Å²) in [4.78, 5) is 0. The maximum absolute atomic E-state index is 9.47. The number of hydrogen-bond acceptors (Lipinski definition) is 2. The third-order valence-electron chi connectivity index (χ3n) is 5.68. The number of aliphatic hydroxyl groups excluding tert-OH is 1. The summed E-state index contributed by atoms with van der Waals surface area (Å²) in [5, 5.41) is 13.3. The van der Waals surface area contributed by atoms with Gasteiger partial charge in [0.25, 0.3) is 0 Å². The molecule has 2 atom stereocenters. The Morgan fingerprint density at radius 3 is 2.16 bits per heavy atom. The number of hydrogen-bond donors (Lipinski definition) is 2. The predicted octanol–water partition coefficient (Wildman–Crippen LogP) is 3.59. The lowest BCUT2D eigenvalue weighted by Gasteiger charge is -2.35. The summed E-state index contributed by atoms with van der Waals surface area (Å²) in [5.74, 6) is 3.10. The maximum atomic E-state index is 9.47. The number of aliphatic hydroxyl groups is 1. The summed E-state index contributed by atoms with van der Waals surface area (Å²) < 4.78 is 0. The second kappa shape index (κ2) is 7.64. The highest BCUT2D eigenvalue weighted by Gasteiger charge is 2.27. The quantitative estimate of drug-likeness (QED) is 0.798. The van der Waals surface area contributed by atoms with Crippen LogP contribution in [-0.4, -0.2) is 24.3 Å². The van der Waals surface area contributed by atoms with E-state index in [4.69, 9.17) is 0 Å². The molecule has 0 spiro atoms. The van der Waals surface area contributed by atoms with Gasteiger partial charge in [-0.2, -0.15) is 0 Å². The van der Waals surface area contributed by atoms with Crippen molar-refractivity contribution in [3.05, 3.63) is 0 Å². The van der Waals surface area contributed by atoms with Gasteiger partial charge in [0.15, 0.2) is 0 Å². The zero-order valence-corrected chi connectivity index (χ0v) is 12.9. The number of rotatable bonds is 5. The molecule has 0 saturated heterocycles. The van der Waals surface area contributed by atoms with E-state index >= 15 is 0 Å². The predicted molar refractivity (Wildman–Crippen MR) is 81.1 cm³/mol. The summed E-state index contributed by atoms with van der Waals surface area (Å²) in [7, 11) is 0. The maximum Gasteiger partial charge on any atom is 0.0462 e. The average Bonchev–Trinajstić information content (AvgIpc) is 2.45. The third-order valence-corrected chi connectivity index (χ3v) is 5.68. The van der Waals surface area contributed by atoms with Crippen molar-refractivity contribution in [2.24, 2.45) is 23.7 Å². The molecule has 2 aliphatic carbocycles. The van der Waals surface area contributed by atoms with E-state index in [1.807, 2.05) is 0 Å². The van der Waals surface area contributed by atoms with Gasteiger partial charge in [-0.3, -0.25) is 0 Å². The molecule has 0 bridgehead atoms. The lowest BCUT2D eigenvalue weighted by atomic mass is 9.78. The minimum Gasteiger partial charge on any atom is -0.396 e. The van der Waals surface area contributed by atoms with E-state index in [1.54, 1.807) is 0 Å². The van der Waals surface area contributed by atoms with Crippen molar-refractivity contribution in [2.45, 2.75) is 71.3 Å². The lowest BCUT2D eigenvalue weighted by Crippen LogP contribution is -2.40. The topological polar surface area (TPSA) is 32.3 Å². The molecule has 0 aromatic carbocycles. The van der Waals surface area contributed by atoms with Crippen LogP contribution in [0.15, 0.2) is 0 Å². The van der Waals surface area contributed by atoms with Crippen molar-refractivity contribution < 1.29 is 5.11 Å². The van der Waals surface area contributed by atoms with Gasteiger partial charge in [0.05, 0.1) is 0 Å². The van der Waals surface area contributed by atoms with Gasteiger partial charge in [0.1, 0.15) is 0 Å². The summed E-state index contributed by atoms with van der Waals surface area (Å²) in [6, 6.07) is 0.747. The first-order valence-electron chi connectivity index (χ1n) is 8.55. The van der Waals surface area contributed by atoms with Crippen LogP contribution in [0, 0.1) is 23.7 Å². The Balaban J connectivity index is 1.68. The van der Waals surface area contributed by atoms with Crippen molar-refractivity contribution in [3.8, 4) is 0 Å². The van der Waals surface area contributed by atoms with Gasteiger partial charge >= 0.3 is 0 Å². The Morgan fingerprint density at radius 2 is 1.58 bits per heavy atom. The molecule has 2 saturated carbocycles. The molecule has 2 heteroatoms. The minimum absolute atomic E-state index is 0.395. The van der Waals surface area contributed by atoms with Crippen LogP contribution >= 0.6 is 0 Å². The zero-order chi connectivity index (χ0) is 13.7. The van der Waals surface area contributed by atoms with Gasteiger partial charge < -0.3 is 10.4 Å². The van der Waals surface area contributed by atoms with Crippen molar-refractivity contribution in [2.75, 3.05) is 13.2 Å². The average molecular weight is 267 g/mol. The Labute approximate surface area is 119 Å². The standard InChI is InChI=1S/C17H33NO/c1-13(2)14-7-9-17(10-8-14)18-11-15-5-3-4-6-16(15)12-19/h13-19H,3-12H2,1-2H3. The van der Waals surface area contributed by atoms with Gasteiger partial charge in [-0.1, -0.05) is 26.7 Å². The van der Waals surface area contributed by atoms with Crippen LogP contribution in [0.3, 0.4) is 0 Å². The Morgan fingerprint density at radius 1 is 0.947 bits per heavy atom. The van der Waals surface area contributed by atoms with E-state index in [0.717, 1.165) is 30.3 Å². The highest BCUT2D eigenvalue weighted by Crippen LogP contribution is 2.32. The molecular formula is C17H33NO. The van der Waals surface area contributed by atoms with Crippen LogP contribution in [0.2, 0.25) is 0 Å². The summed E-state index contributed by atoms with van der Waals surface area (Å²) in [6.07, 6.45) is 10.8. The van der Waals surface area contributed by atoms with Crippen LogP contribution in [0.5, 0.6) is 0 Å². The van der Waals surface area contributed by atoms with Crippen molar-refractivity contribution >= 4 is 0 Å². The van der Waals surface area contributed by atoms with Crippen LogP contribution in [-0.2, 0) is 0 Å². The Hall–Kier alpha value is -0.0800. The van der Waals surface area contributed by atoms with Gasteiger partial charge in [-0.05, 0) is 68.7 Å². The first kappa shape index (κ1) is 15.3. The van der Waals surface area contributed by atoms with Crippen LogP contribution in [0.1, 0.15) is 65.2 Å². The Bertz CT molecular complexity index is 246. The van der Waals surface area contributed by atoms with Crippen LogP contribution in [0.4, 0.5) is 0 Å². The summed E-state index contributed by atoms with van der Waals surface area (Å²) in [5.41, 5.74) is 0. The molecule has 0 radical (unpaired) electrons. The monoisotopic (exact) mass is 267 g/mol. The second-order valence-corrected chi connectivity index (χ2v) is 7.25. The van der Waals surface area contributed by atoms with Crippen molar-refractivity contribution in [3.63, 3.8) is 0 Å². The van der Waals surface area contributed by atoms with Gasteiger partial charge in [0, 0.05) is 12.6 Å². The fraction of sp³-hybridized carbons (Fsp3) is 1.00. The molecule has 112 valence electrons. The molecule has 2 aliphatic rings. The summed E-state index contributed by atoms with van der Waals surface area (Å²) in [6.45, 7) is 6.27. The van der Waals surface area contributed by atoms with Crippen LogP contribution < -0.4 is 5.32 Å². The highest BCUT2D eigenvalue weighted by atomic mass is 16.3. The lowest BCUT2D eigenvalue weighted by molar-refractivity contribution is 0.127. The fourth-order valence-electron chi connectivity index (χ4n) is 4.10. The smallest absolute Gasteiger partial charge is 0.0462 e. The molecule has 2 N–H and O–H groups in total. The zero-order valence-electron chi connectivity index (χ0n) is 12.9. The molecule has 0 heterocycles. The van der Waals surface area contributed by atoms with E-state index in [0.29, 0.717) is 12.5 Å².